The van der Waals surface area contributed by atoms with Gasteiger partial charge in [0, 0.05) is 12.5 Å². The first-order chi connectivity index (χ1) is 20.9. The first kappa shape index (κ1) is 36.1. The van der Waals surface area contributed by atoms with E-state index in [2.05, 4.69) is 34.6 Å². The minimum Gasteiger partial charge on any atom is -0.478 e. The Kier molecular flexibility index (Phi) is 10.5. The minimum atomic E-state index is -0.999. The standard InChI is InChI=1S/C37H62N2O6/c1-9-10-11-16-37(38,39)30-19-27(41)22(4)25-15-17-34(6)32(36(25,30)8)28(42)18-26-31(24(33(43)44)14-12-13-21(2)3)29(45-23(5)40)20-35(26,34)7/h13,22,25-30,32,41-42H,9-12,14-20,38-39H2,1-8H3,(H,43,44)/t22-,25?,26+,27+,28+,29-,30?,32?,34-,35-,36+/m0/s1. The molecule has 7 N–H and O–H groups in total. The number of hydrogen-bond donors (Lipinski definition) is 5. The molecule has 45 heavy (non-hydrogen) atoms. The molecule has 3 unspecified atom stereocenters. The molecule has 11 atom stereocenters. The Balaban J connectivity index is 1.86. The van der Waals surface area contributed by atoms with Crippen molar-refractivity contribution >= 4 is 11.9 Å². The van der Waals surface area contributed by atoms with Gasteiger partial charge in [-0.25, -0.2) is 4.79 Å². The zero-order valence-electron chi connectivity index (χ0n) is 29.2. The Hall–Kier alpha value is -1.74. The first-order valence-electron chi connectivity index (χ1n) is 17.6. The van der Waals surface area contributed by atoms with E-state index in [0.717, 1.165) is 37.7 Å². The molecule has 0 aliphatic heterocycles. The molecule has 256 valence electrons. The fraction of sp³-hybridized carbons (Fsp3) is 0.838. The number of rotatable bonds is 10. The molecule has 4 rings (SSSR count). The van der Waals surface area contributed by atoms with Gasteiger partial charge < -0.3 is 31.5 Å². The van der Waals surface area contributed by atoms with Crippen LogP contribution in [0.1, 0.15) is 126 Å². The van der Waals surface area contributed by atoms with Gasteiger partial charge in [-0.15, -0.1) is 0 Å². The molecule has 4 saturated carbocycles. The summed E-state index contributed by atoms with van der Waals surface area (Å²) in [5.41, 5.74) is 14.0. The lowest BCUT2D eigenvalue weighted by Crippen LogP contribution is -2.73. The summed E-state index contributed by atoms with van der Waals surface area (Å²) in [6.07, 6.45) is 7.86. The Labute approximate surface area is 271 Å². The summed E-state index contributed by atoms with van der Waals surface area (Å²) in [6, 6.07) is 0. The summed E-state index contributed by atoms with van der Waals surface area (Å²) < 4.78 is 5.96. The maximum Gasteiger partial charge on any atom is 0.331 e. The van der Waals surface area contributed by atoms with Gasteiger partial charge >= 0.3 is 11.9 Å². The number of esters is 1. The largest absolute Gasteiger partial charge is 0.478 e. The summed E-state index contributed by atoms with van der Waals surface area (Å²) >= 11 is 0. The van der Waals surface area contributed by atoms with E-state index < -0.39 is 52.2 Å². The number of aliphatic hydroxyl groups is 2. The van der Waals surface area contributed by atoms with Crippen LogP contribution < -0.4 is 11.5 Å². The molecule has 0 saturated heterocycles. The second-order valence-electron chi connectivity index (χ2n) is 16.3. The van der Waals surface area contributed by atoms with Gasteiger partial charge in [0.2, 0.25) is 0 Å². The van der Waals surface area contributed by atoms with Crippen LogP contribution in [0, 0.1) is 45.8 Å². The van der Waals surface area contributed by atoms with Crippen LogP contribution in [0.15, 0.2) is 22.8 Å². The molecule has 0 spiro atoms. The third kappa shape index (κ3) is 6.07. The smallest absolute Gasteiger partial charge is 0.331 e. The Morgan fingerprint density at radius 1 is 1.04 bits per heavy atom. The summed E-state index contributed by atoms with van der Waals surface area (Å²) in [5, 5.41) is 34.3. The van der Waals surface area contributed by atoms with Crippen molar-refractivity contribution in [2.45, 2.75) is 150 Å². The van der Waals surface area contributed by atoms with E-state index in [0.29, 0.717) is 49.7 Å². The number of carboxylic acids is 1. The summed E-state index contributed by atoms with van der Waals surface area (Å²) in [6.45, 7) is 16.5. The van der Waals surface area contributed by atoms with Crippen molar-refractivity contribution in [1.29, 1.82) is 0 Å². The third-order valence-electron chi connectivity index (χ3n) is 13.6. The predicted molar refractivity (Wildman–Crippen MR) is 177 cm³/mol. The van der Waals surface area contributed by atoms with Crippen LogP contribution in [0.3, 0.4) is 0 Å². The van der Waals surface area contributed by atoms with Gasteiger partial charge in [-0.1, -0.05) is 65.5 Å². The lowest BCUT2D eigenvalue weighted by molar-refractivity contribution is -0.260. The van der Waals surface area contributed by atoms with E-state index in [1.807, 2.05) is 19.9 Å². The highest BCUT2D eigenvalue weighted by molar-refractivity contribution is 5.88. The normalized spacial score (nSPS) is 42.2. The van der Waals surface area contributed by atoms with Crippen LogP contribution in [0.5, 0.6) is 0 Å². The van der Waals surface area contributed by atoms with E-state index in [4.69, 9.17) is 16.2 Å². The summed E-state index contributed by atoms with van der Waals surface area (Å²) in [4.78, 5) is 25.3. The molecule has 0 bridgehead atoms. The molecule has 4 aliphatic rings. The van der Waals surface area contributed by atoms with Crippen LogP contribution >= 0.6 is 0 Å². The van der Waals surface area contributed by atoms with E-state index in [-0.39, 0.29) is 29.6 Å². The van der Waals surface area contributed by atoms with Crippen molar-refractivity contribution in [2.75, 3.05) is 0 Å². The molecule has 0 aromatic carbocycles. The van der Waals surface area contributed by atoms with E-state index >= 15 is 0 Å². The van der Waals surface area contributed by atoms with Gasteiger partial charge in [0.05, 0.1) is 17.9 Å². The molecule has 0 aromatic heterocycles. The van der Waals surface area contributed by atoms with Crippen molar-refractivity contribution in [3.8, 4) is 0 Å². The molecule has 8 nitrogen and oxygen atoms in total. The SMILES string of the molecule is CCCCCC(N)(N)C1C[C@@H](O)[C@@H](C)C2CC[C@@]3(C)C([C@H](O)C[C@@H]4C(=C(CCC=C(C)C)C(=O)O)[C@@H](OC(C)=O)C[C@@]43C)[C@]21C. The lowest BCUT2D eigenvalue weighted by atomic mass is 9.34. The first-order valence-corrected chi connectivity index (χ1v) is 17.6. The molecule has 4 fully saturated rings. The van der Waals surface area contributed by atoms with Gasteiger partial charge in [0.1, 0.15) is 6.10 Å². The molecular formula is C37H62N2O6. The molecule has 0 radical (unpaired) electrons. The summed E-state index contributed by atoms with van der Waals surface area (Å²) in [5.74, 6) is -1.84. The van der Waals surface area contributed by atoms with E-state index in [1.165, 1.54) is 6.92 Å². The predicted octanol–water partition coefficient (Wildman–Crippen LogP) is 6.09. The number of carbonyl (C=O) groups excluding carboxylic acids is 1. The molecule has 0 amide bonds. The van der Waals surface area contributed by atoms with Crippen LogP contribution in [0.25, 0.3) is 0 Å². The molecular weight excluding hydrogens is 568 g/mol. The highest BCUT2D eigenvalue weighted by Gasteiger charge is 2.73. The number of fused-ring (bicyclic) bond motifs is 5. The number of hydrogen-bond acceptors (Lipinski definition) is 7. The van der Waals surface area contributed by atoms with Gasteiger partial charge in [0.15, 0.2) is 0 Å². The van der Waals surface area contributed by atoms with Crippen LogP contribution in [-0.2, 0) is 14.3 Å². The number of carboxylic acid groups (broad SMARTS) is 1. The average Bonchev–Trinajstić information content (AvgIpc) is 3.19. The third-order valence-corrected chi connectivity index (χ3v) is 13.6. The molecule has 0 aromatic rings. The minimum absolute atomic E-state index is 0.0430. The Morgan fingerprint density at radius 2 is 1.71 bits per heavy atom. The number of ether oxygens (including phenoxy) is 1. The maximum absolute atomic E-state index is 12.9. The number of nitrogens with two attached hydrogens (primary N) is 2. The van der Waals surface area contributed by atoms with Crippen molar-refractivity contribution in [1.82, 2.24) is 0 Å². The highest BCUT2D eigenvalue weighted by Crippen LogP contribution is 2.75. The lowest BCUT2D eigenvalue weighted by Gasteiger charge is -2.71. The van der Waals surface area contributed by atoms with Gasteiger partial charge in [-0.2, -0.15) is 0 Å². The van der Waals surface area contributed by atoms with E-state index in [1.54, 1.807) is 0 Å². The number of allylic oxidation sites excluding steroid dienone is 2. The highest BCUT2D eigenvalue weighted by atomic mass is 16.5. The fourth-order valence-electron chi connectivity index (χ4n) is 11.4. The molecule has 8 heteroatoms. The van der Waals surface area contributed by atoms with Crippen LogP contribution in [-0.4, -0.2) is 51.2 Å². The number of unbranched alkanes of at least 4 members (excludes halogenated alkanes) is 2. The van der Waals surface area contributed by atoms with E-state index in [9.17, 15) is 24.9 Å². The zero-order chi connectivity index (χ0) is 33.7. The quantitative estimate of drug-likeness (QED) is 0.0639. The maximum atomic E-state index is 12.9. The Bertz CT molecular complexity index is 1190. The molecule has 0 heterocycles. The van der Waals surface area contributed by atoms with Crippen LogP contribution in [0.2, 0.25) is 0 Å². The van der Waals surface area contributed by atoms with Gasteiger partial charge in [0.25, 0.3) is 0 Å². The number of aliphatic carboxylic acids is 1. The molecule has 4 aliphatic carbocycles. The van der Waals surface area contributed by atoms with Crippen molar-refractivity contribution in [3.05, 3.63) is 22.8 Å². The van der Waals surface area contributed by atoms with Crippen molar-refractivity contribution < 1.29 is 29.6 Å². The van der Waals surface area contributed by atoms with Gasteiger partial charge in [-0.3, -0.25) is 4.79 Å². The van der Waals surface area contributed by atoms with Crippen molar-refractivity contribution in [2.24, 2.45) is 57.3 Å². The Morgan fingerprint density at radius 3 is 2.29 bits per heavy atom. The monoisotopic (exact) mass is 630 g/mol. The zero-order valence-corrected chi connectivity index (χ0v) is 29.2. The summed E-state index contributed by atoms with van der Waals surface area (Å²) in [7, 11) is 0. The number of carbonyl (C=O) groups is 2. The van der Waals surface area contributed by atoms with Crippen LogP contribution in [0.4, 0.5) is 0 Å². The fourth-order valence-corrected chi connectivity index (χ4v) is 11.4. The second kappa shape index (κ2) is 13.0. The topological polar surface area (TPSA) is 156 Å². The van der Waals surface area contributed by atoms with Gasteiger partial charge in [-0.05, 0) is 117 Å². The second-order valence-corrected chi connectivity index (χ2v) is 16.3. The van der Waals surface area contributed by atoms with Crippen molar-refractivity contribution in [3.63, 3.8) is 0 Å². The average molecular weight is 631 g/mol. The number of aliphatic hydroxyl groups excluding tert-OH is 2.